The average molecular weight is 953 g/mol. The minimum Gasteiger partial charge on any atom is -0.504 e. The molecule has 4 aromatic carbocycles. The van der Waals surface area contributed by atoms with Crippen LogP contribution in [0, 0.1) is 0 Å². The second-order valence-electron chi connectivity index (χ2n) is 15.5. The number of carbonyl (C=O) groups is 6. The van der Waals surface area contributed by atoms with Crippen molar-refractivity contribution in [1.29, 1.82) is 0 Å². The number of carbonyl (C=O) groups excluding carboxylic acids is 6. The number of aliphatic hydroxyl groups is 3. The molecule has 0 saturated carbocycles. The van der Waals surface area contributed by atoms with Gasteiger partial charge in [-0.3, -0.25) is 4.79 Å². The summed E-state index contributed by atoms with van der Waals surface area (Å²) in [4.78, 5) is 84.6. The molecule has 27 heteroatoms. The van der Waals surface area contributed by atoms with Crippen LogP contribution < -0.4 is 4.74 Å². The summed E-state index contributed by atoms with van der Waals surface area (Å²) in [6.45, 7) is -1.31. The number of hydrogen-bond acceptors (Lipinski definition) is 27. The molecule has 1 fully saturated rings. The molecule has 354 valence electrons. The van der Waals surface area contributed by atoms with Crippen LogP contribution in [0.2, 0.25) is 0 Å². The number of rotatable bonds is 2. The maximum Gasteiger partial charge on any atom is 0.340 e. The number of phenolic OH excluding ortho intramolecular Hbond substituents is 11. The second kappa shape index (κ2) is 14.8. The number of aromatic hydroxyl groups is 11. The molecular formula is C41H28O27. The van der Waals surface area contributed by atoms with Gasteiger partial charge in [-0.05, 0) is 36.4 Å². The SMILES string of the molecule is O=C1O[C@@H]2[C@H]3OC(=O)c4cc(O)c(O)c(O)c4-c4c(cc(O)c(O)c4O)C(=O)OC[C@H]2O[C@@H](OC(=O)c2cc(O)c(O)c(O)c2)[C@@H]3OC(=O)c2cc(O)c(O)c3c2[C@@H]2C1=CC(=O)C(O)(O)[C@]2(O)O3. The minimum absolute atomic E-state index is 0.207. The minimum atomic E-state index is -4.02. The Labute approximate surface area is 373 Å². The fourth-order valence-corrected chi connectivity index (χ4v) is 8.26. The van der Waals surface area contributed by atoms with Crippen molar-refractivity contribution >= 4 is 35.6 Å². The predicted octanol–water partition coefficient (Wildman–Crippen LogP) is -1.10. The monoisotopic (exact) mass is 952 g/mol. The standard InChI is InChI=1S/C41H28O27/c42-13-1-8(2-14(43)24(13)48)34(54)67-39-33-32-30(64-38(58)12-6-19(47)40(59,60)41(61)23(12)22-11(37(57)66-33)5-17(46)27(51)31(22)68-41)18(63-39)7-62-35(55)9-3-15(44)25(49)28(52)20(9)21-10(36(56)65-32)4-16(45)26(50)29(21)53/h1-6,18,23,30,32-33,39,42-46,48-53,59-61H,7H2/t18-,23+,30+,32-,33-,39+,41-/m1/s1. The van der Waals surface area contributed by atoms with E-state index in [2.05, 4.69) is 0 Å². The van der Waals surface area contributed by atoms with Crippen LogP contribution >= 0.6 is 0 Å². The Morgan fingerprint density at radius 2 is 1.07 bits per heavy atom. The van der Waals surface area contributed by atoms with E-state index in [1.165, 1.54) is 0 Å². The highest BCUT2D eigenvalue weighted by atomic mass is 16.8. The highest BCUT2D eigenvalue weighted by molar-refractivity contribution is 6.09. The van der Waals surface area contributed by atoms with E-state index in [0.717, 1.165) is 0 Å². The molecule has 0 unspecified atom stereocenters. The van der Waals surface area contributed by atoms with Crippen molar-refractivity contribution in [2.45, 2.75) is 48.2 Å². The predicted molar refractivity (Wildman–Crippen MR) is 204 cm³/mol. The van der Waals surface area contributed by atoms with E-state index < -0.39 is 204 Å². The van der Waals surface area contributed by atoms with Gasteiger partial charge in [-0.25, -0.2) is 24.0 Å². The van der Waals surface area contributed by atoms with E-state index in [0.29, 0.717) is 30.3 Å². The quantitative estimate of drug-likeness (QED) is 0.0491. The van der Waals surface area contributed by atoms with Crippen molar-refractivity contribution < 1.29 is 133 Å². The van der Waals surface area contributed by atoms with Gasteiger partial charge in [0.1, 0.15) is 12.7 Å². The molecule has 7 atom stereocenters. The van der Waals surface area contributed by atoms with E-state index in [9.17, 15) is 100 Å². The summed E-state index contributed by atoms with van der Waals surface area (Å²) < 4.78 is 39.1. The lowest BCUT2D eigenvalue weighted by Gasteiger charge is -2.44. The van der Waals surface area contributed by atoms with E-state index in [1.54, 1.807) is 0 Å². The van der Waals surface area contributed by atoms with Crippen molar-refractivity contribution in [3.63, 3.8) is 0 Å². The molecule has 0 spiro atoms. The zero-order valence-electron chi connectivity index (χ0n) is 33.2. The molecule has 14 N–H and O–H groups in total. The third kappa shape index (κ3) is 6.21. The molecule has 1 saturated heterocycles. The van der Waals surface area contributed by atoms with Gasteiger partial charge in [0, 0.05) is 16.7 Å². The number of benzene rings is 4. The summed E-state index contributed by atoms with van der Waals surface area (Å²) in [6, 6.07) is 2.36. The first-order chi connectivity index (χ1) is 31.9. The van der Waals surface area contributed by atoms with E-state index in [4.69, 9.17) is 33.2 Å². The zero-order chi connectivity index (χ0) is 49.4. The van der Waals surface area contributed by atoms with E-state index in [1.807, 2.05) is 0 Å². The molecule has 1 aliphatic carbocycles. The largest absolute Gasteiger partial charge is 0.504 e. The second-order valence-corrected chi connectivity index (χ2v) is 15.5. The van der Waals surface area contributed by atoms with Gasteiger partial charge >= 0.3 is 29.8 Å². The number of esters is 5. The third-order valence-electron chi connectivity index (χ3n) is 11.5. The van der Waals surface area contributed by atoms with Gasteiger partial charge < -0.3 is 105 Å². The molecule has 68 heavy (non-hydrogen) atoms. The Balaban J connectivity index is 1.29. The number of phenols is 11. The molecule has 0 radical (unpaired) electrons. The van der Waals surface area contributed by atoms with Crippen molar-refractivity contribution in [2.75, 3.05) is 6.61 Å². The summed E-state index contributed by atoms with van der Waals surface area (Å²) in [5, 5.41) is 150. The van der Waals surface area contributed by atoms with Crippen LogP contribution in [-0.2, 0) is 38.0 Å². The lowest BCUT2D eigenvalue weighted by atomic mass is 9.74. The number of ether oxygens (including phenoxy) is 7. The number of hydrogen-bond donors (Lipinski definition) is 14. The van der Waals surface area contributed by atoms with Crippen molar-refractivity contribution in [3.8, 4) is 80.1 Å². The van der Waals surface area contributed by atoms with Crippen LogP contribution in [0.15, 0.2) is 42.0 Å². The first-order valence-corrected chi connectivity index (χ1v) is 19.1. The molecule has 27 nitrogen and oxygen atoms in total. The number of fused-ring (bicyclic) bond motifs is 3. The molecule has 4 aromatic rings. The Morgan fingerprint density at radius 1 is 0.574 bits per heavy atom. The van der Waals surface area contributed by atoms with Crippen LogP contribution in [0.3, 0.4) is 0 Å². The Hall–Kier alpha value is -8.92. The highest BCUT2D eigenvalue weighted by Crippen LogP contribution is 2.60. The molecule has 4 heterocycles. The van der Waals surface area contributed by atoms with Gasteiger partial charge in [-0.15, -0.1) is 0 Å². The zero-order valence-corrected chi connectivity index (χ0v) is 33.2. The first-order valence-electron chi connectivity index (χ1n) is 19.1. The van der Waals surface area contributed by atoms with Gasteiger partial charge in [0.05, 0.1) is 33.7 Å². The Morgan fingerprint density at radius 3 is 1.68 bits per heavy atom. The average Bonchev–Trinajstić information content (AvgIpc) is 3.61. The van der Waals surface area contributed by atoms with Crippen LogP contribution in [-0.4, -0.2) is 156 Å². The fraction of sp³-hybridized carbons (Fsp3) is 0.220. The van der Waals surface area contributed by atoms with Gasteiger partial charge in [0.2, 0.25) is 35.4 Å². The van der Waals surface area contributed by atoms with Gasteiger partial charge in [0.25, 0.3) is 11.6 Å². The summed E-state index contributed by atoms with van der Waals surface area (Å²) >= 11 is 0. The lowest BCUT2D eigenvalue weighted by Crippen LogP contribution is -2.66. The number of cyclic esters (lactones) is 1. The van der Waals surface area contributed by atoms with Gasteiger partial charge in [-0.2, -0.15) is 0 Å². The van der Waals surface area contributed by atoms with Crippen LogP contribution in [0.1, 0.15) is 52.9 Å². The lowest BCUT2D eigenvalue weighted by molar-refractivity contribution is -0.323. The maximum absolute atomic E-state index is 14.6. The summed E-state index contributed by atoms with van der Waals surface area (Å²) in [5.74, 6) is -36.2. The molecule has 0 aromatic heterocycles. The van der Waals surface area contributed by atoms with E-state index in [-0.39, 0.29) is 6.08 Å². The Bertz CT molecular complexity index is 3020. The molecule has 5 aliphatic rings. The first kappa shape index (κ1) is 44.3. The van der Waals surface area contributed by atoms with Crippen LogP contribution in [0.25, 0.3) is 11.1 Å². The maximum atomic E-state index is 14.6. The number of ketones is 1. The van der Waals surface area contributed by atoms with E-state index >= 15 is 0 Å². The normalized spacial score (nSPS) is 25.7. The Kier molecular flexibility index (Phi) is 9.64. The molecule has 4 aliphatic heterocycles. The molecule has 4 bridgehead atoms. The smallest absolute Gasteiger partial charge is 0.340 e. The summed E-state index contributed by atoms with van der Waals surface area (Å²) in [7, 11) is 0. The summed E-state index contributed by atoms with van der Waals surface area (Å²) in [6.07, 6.45) is -12.1. The van der Waals surface area contributed by atoms with Crippen molar-refractivity contribution in [1.82, 2.24) is 0 Å². The third-order valence-corrected chi connectivity index (χ3v) is 11.5. The van der Waals surface area contributed by atoms with Gasteiger partial charge in [-0.1, -0.05) is 0 Å². The molecule has 0 amide bonds. The highest BCUT2D eigenvalue weighted by Gasteiger charge is 2.70. The van der Waals surface area contributed by atoms with Crippen LogP contribution in [0.5, 0.6) is 69.0 Å². The molecular weight excluding hydrogens is 924 g/mol. The van der Waals surface area contributed by atoms with Crippen molar-refractivity contribution in [2.24, 2.45) is 0 Å². The van der Waals surface area contributed by atoms with Crippen molar-refractivity contribution in [3.05, 3.63) is 69.8 Å². The topological polar surface area (TPSA) is 450 Å². The summed E-state index contributed by atoms with van der Waals surface area (Å²) in [5.41, 5.74) is -8.25. The van der Waals surface area contributed by atoms with Crippen LogP contribution in [0.4, 0.5) is 0 Å². The molecule has 9 rings (SSSR count). The fourth-order valence-electron chi connectivity index (χ4n) is 8.26. The van der Waals surface area contributed by atoms with Gasteiger partial charge in [0.15, 0.2) is 64.0 Å².